The van der Waals surface area contributed by atoms with Crippen LogP contribution in [0, 0.1) is 5.92 Å². The molecule has 0 saturated heterocycles. The van der Waals surface area contributed by atoms with Crippen LogP contribution >= 0.6 is 11.6 Å². The van der Waals surface area contributed by atoms with Crippen LogP contribution < -0.4 is 11.1 Å². The minimum atomic E-state index is -0.534. The molecule has 0 aliphatic heterocycles. The summed E-state index contributed by atoms with van der Waals surface area (Å²) >= 11 is 5.59. The second-order valence-corrected chi connectivity index (χ2v) is 4.27. The molecule has 0 aromatic carbocycles. The number of nitrogens with one attached hydrogen (secondary N) is 1. The van der Waals surface area contributed by atoms with E-state index in [-0.39, 0.29) is 11.2 Å². The Kier molecular flexibility index (Phi) is 4.64. The molecule has 1 amide bonds. The van der Waals surface area contributed by atoms with E-state index in [0.717, 1.165) is 0 Å². The van der Waals surface area contributed by atoms with Gasteiger partial charge in [0, 0.05) is 6.20 Å². The van der Waals surface area contributed by atoms with Gasteiger partial charge in [-0.3, -0.25) is 4.79 Å². The number of carbonyl (C=O) groups is 1. The van der Waals surface area contributed by atoms with Crippen molar-refractivity contribution in [2.24, 2.45) is 11.7 Å². The van der Waals surface area contributed by atoms with Gasteiger partial charge in [0.15, 0.2) is 0 Å². The number of nitrogens with zero attached hydrogens (tertiary/aromatic N) is 2. The van der Waals surface area contributed by atoms with Gasteiger partial charge in [0.1, 0.15) is 5.82 Å². The molecule has 88 valence electrons. The zero-order chi connectivity index (χ0) is 12.1. The highest BCUT2D eigenvalue weighted by Crippen LogP contribution is 2.08. The molecule has 16 heavy (non-hydrogen) atoms. The Balaban J connectivity index is 2.57. The summed E-state index contributed by atoms with van der Waals surface area (Å²) in [6.07, 6.45) is 2.10. The van der Waals surface area contributed by atoms with E-state index in [1.54, 1.807) is 6.07 Å². The number of hydrogen-bond donors (Lipinski definition) is 2. The zero-order valence-corrected chi connectivity index (χ0v) is 10.0. The van der Waals surface area contributed by atoms with Gasteiger partial charge in [0.05, 0.1) is 6.04 Å². The van der Waals surface area contributed by atoms with Gasteiger partial charge in [-0.25, -0.2) is 9.97 Å². The fourth-order valence-corrected chi connectivity index (χ4v) is 1.39. The number of anilines is 1. The molecule has 6 heteroatoms. The zero-order valence-electron chi connectivity index (χ0n) is 9.27. The van der Waals surface area contributed by atoms with Gasteiger partial charge in [-0.2, -0.15) is 0 Å². The standard InChI is InChI=1S/C10H15ClN4O/c1-6(2)5-7(12)9(16)14-8-3-4-13-10(11)15-8/h3-4,6-7H,5,12H2,1-2H3,(H,13,14,15,16)/t7-/m1/s1. The molecule has 0 aliphatic rings. The molecule has 0 spiro atoms. The van der Waals surface area contributed by atoms with Crippen molar-refractivity contribution in [1.29, 1.82) is 0 Å². The van der Waals surface area contributed by atoms with Gasteiger partial charge in [0.25, 0.3) is 0 Å². The molecule has 1 aromatic heterocycles. The number of aromatic nitrogens is 2. The molecular formula is C10H15ClN4O. The van der Waals surface area contributed by atoms with Crippen molar-refractivity contribution < 1.29 is 4.79 Å². The summed E-state index contributed by atoms with van der Waals surface area (Å²) in [5, 5.41) is 2.68. The molecule has 0 unspecified atom stereocenters. The first kappa shape index (κ1) is 12.9. The van der Waals surface area contributed by atoms with Crippen molar-refractivity contribution in [2.75, 3.05) is 5.32 Å². The van der Waals surface area contributed by atoms with Crippen LogP contribution in [0.2, 0.25) is 5.28 Å². The van der Waals surface area contributed by atoms with Gasteiger partial charge in [0.2, 0.25) is 11.2 Å². The van der Waals surface area contributed by atoms with E-state index >= 15 is 0 Å². The highest BCUT2D eigenvalue weighted by atomic mass is 35.5. The van der Waals surface area contributed by atoms with Crippen molar-refractivity contribution in [3.8, 4) is 0 Å². The van der Waals surface area contributed by atoms with E-state index in [0.29, 0.717) is 18.2 Å². The summed E-state index contributed by atoms with van der Waals surface area (Å²) in [7, 11) is 0. The van der Waals surface area contributed by atoms with E-state index < -0.39 is 6.04 Å². The molecule has 0 bridgehead atoms. The third-order valence-electron chi connectivity index (χ3n) is 1.94. The van der Waals surface area contributed by atoms with Crippen molar-refractivity contribution in [1.82, 2.24) is 9.97 Å². The lowest BCUT2D eigenvalue weighted by Gasteiger charge is -2.13. The van der Waals surface area contributed by atoms with E-state index in [4.69, 9.17) is 17.3 Å². The molecular weight excluding hydrogens is 228 g/mol. The normalized spacial score (nSPS) is 12.6. The first-order valence-electron chi connectivity index (χ1n) is 5.04. The Morgan fingerprint density at radius 2 is 2.31 bits per heavy atom. The Bertz CT molecular complexity index is 370. The molecule has 0 fully saturated rings. The van der Waals surface area contributed by atoms with Crippen LogP contribution in [-0.2, 0) is 4.79 Å². The lowest BCUT2D eigenvalue weighted by atomic mass is 10.0. The van der Waals surface area contributed by atoms with Gasteiger partial charge in [-0.1, -0.05) is 13.8 Å². The second-order valence-electron chi connectivity index (χ2n) is 3.94. The Morgan fingerprint density at radius 3 is 2.88 bits per heavy atom. The maximum atomic E-state index is 11.6. The van der Waals surface area contributed by atoms with Crippen LogP contribution in [0.5, 0.6) is 0 Å². The molecule has 1 aromatic rings. The van der Waals surface area contributed by atoms with E-state index in [1.807, 2.05) is 13.8 Å². The minimum Gasteiger partial charge on any atom is -0.320 e. The number of rotatable bonds is 4. The maximum absolute atomic E-state index is 11.6. The van der Waals surface area contributed by atoms with Crippen LogP contribution in [0.3, 0.4) is 0 Å². The van der Waals surface area contributed by atoms with Crippen molar-refractivity contribution in [3.63, 3.8) is 0 Å². The average molecular weight is 243 g/mol. The van der Waals surface area contributed by atoms with Crippen molar-refractivity contribution >= 4 is 23.3 Å². The van der Waals surface area contributed by atoms with Crippen LogP contribution in [0.4, 0.5) is 5.82 Å². The third kappa shape index (κ3) is 4.12. The highest BCUT2D eigenvalue weighted by molar-refractivity contribution is 6.28. The molecule has 0 radical (unpaired) electrons. The number of carbonyl (C=O) groups excluding carboxylic acids is 1. The largest absolute Gasteiger partial charge is 0.320 e. The Morgan fingerprint density at radius 1 is 1.62 bits per heavy atom. The van der Waals surface area contributed by atoms with Gasteiger partial charge >= 0.3 is 0 Å². The quantitative estimate of drug-likeness (QED) is 0.783. The number of nitrogens with two attached hydrogens (primary N) is 1. The minimum absolute atomic E-state index is 0.0928. The van der Waals surface area contributed by atoms with Gasteiger partial charge in [-0.05, 0) is 30.0 Å². The van der Waals surface area contributed by atoms with Crippen LogP contribution in [-0.4, -0.2) is 21.9 Å². The predicted octanol–water partition coefficient (Wildman–Crippen LogP) is 1.44. The fourth-order valence-electron chi connectivity index (χ4n) is 1.24. The van der Waals surface area contributed by atoms with E-state index in [2.05, 4.69) is 15.3 Å². The monoisotopic (exact) mass is 242 g/mol. The molecule has 0 aliphatic carbocycles. The molecule has 3 N–H and O–H groups in total. The van der Waals surface area contributed by atoms with Crippen LogP contribution in [0.1, 0.15) is 20.3 Å². The van der Waals surface area contributed by atoms with Gasteiger partial charge in [-0.15, -0.1) is 0 Å². The van der Waals surface area contributed by atoms with E-state index in [9.17, 15) is 4.79 Å². The third-order valence-corrected chi connectivity index (χ3v) is 2.12. The average Bonchev–Trinajstić information content (AvgIpc) is 2.16. The summed E-state index contributed by atoms with van der Waals surface area (Å²) in [5.41, 5.74) is 5.72. The first-order chi connectivity index (χ1) is 7.49. The maximum Gasteiger partial charge on any atom is 0.242 e. The summed E-state index contributed by atoms with van der Waals surface area (Å²) < 4.78 is 0. The number of hydrogen-bond acceptors (Lipinski definition) is 4. The number of amides is 1. The van der Waals surface area contributed by atoms with Crippen molar-refractivity contribution in [2.45, 2.75) is 26.3 Å². The second kappa shape index (κ2) is 5.77. The van der Waals surface area contributed by atoms with Gasteiger partial charge < -0.3 is 11.1 Å². The molecule has 5 nitrogen and oxygen atoms in total. The lowest BCUT2D eigenvalue weighted by Crippen LogP contribution is -2.36. The van der Waals surface area contributed by atoms with E-state index in [1.165, 1.54) is 6.20 Å². The SMILES string of the molecule is CC(C)C[C@@H](N)C(=O)Nc1ccnc(Cl)n1. The number of halogens is 1. The summed E-state index contributed by atoms with van der Waals surface area (Å²) in [6.45, 7) is 4.02. The topological polar surface area (TPSA) is 80.9 Å². The highest BCUT2D eigenvalue weighted by Gasteiger charge is 2.15. The smallest absolute Gasteiger partial charge is 0.242 e. The first-order valence-corrected chi connectivity index (χ1v) is 5.42. The summed E-state index contributed by atoms with van der Waals surface area (Å²) in [5.74, 6) is 0.474. The Hall–Kier alpha value is -1.20. The van der Waals surface area contributed by atoms with Crippen LogP contribution in [0.25, 0.3) is 0 Å². The molecule has 1 heterocycles. The summed E-state index contributed by atoms with van der Waals surface area (Å²) in [6, 6.07) is 1.03. The van der Waals surface area contributed by atoms with Crippen molar-refractivity contribution in [3.05, 3.63) is 17.5 Å². The van der Waals surface area contributed by atoms with Crippen LogP contribution in [0.15, 0.2) is 12.3 Å². The molecule has 1 rings (SSSR count). The molecule has 0 saturated carbocycles. The fraction of sp³-hybridized carbons (Fsp3) is 0.500. The predicted molar refractivity (Wildman–Crippen MR) is 63.1 cm³/mol. The Labute approximate surface area is 99.4 Å². The summed E-state index contributed by atoms with van der Waals surface area (Å²) in [4.78, 5) is 19.2. The lowest BCUT2D eigenvalue weighted by molar-refractivity contribution is -0.117. The molecule has 1 atom stereocenters.